The highest BCUT2D eigenvalue weighted by Crippen LogP contribution is 2.40. The molecule has 0 rings (SSSR count). The minimum Gasteiger partial charge on any atom is -0.392 e. The smallest absolute Gasteiger partial charge is 0.117 e. The highest BCUT2D eigenvalue weighted by atomic mass is 16.4. The van der Waals surface area contributed by atoms with Crippen LogP contribution in [0.25, 0.3) is 0 Å². The molecule has 4 heteroatoms. The quantitative estimate of drug-likeness (QED) is 0.252. The maximum absolute atomic E-state index is 11.3. The number of hydrogen-bond donors (Lipinski definition) is 4. The van der Waals surface area contributed by atoms with Gasteiger partial charge in [-0.3, -0.25) is 0 Å². The van der Waals surface area contributed by atoms with Crippen LogP contribution in [-0.2, 0) is 0 Å². The second kappa shape index (κ2) is 14.0. The Morgan fingerprint density at radius 2 is 1.18 bits per heavy atom. The lowest BCUT2D eigenvalue weighted by atomic mass is 9.67. The first-order valence-electron chi connectivity index (χ1n) is 11.8. The molecular weight excluding hydrogens is 352 g/mol. The lowest BCUT2D eigenvalue weighted by molar-refractivity contribution is -0.207. The molecule has 4 N–H and O–H groups in total. The Bertz CT molecular complexity index is 383. The first-order chi connectivity index (χ1) is 13.1. The Morgan fingerprint density at radius 1 is 0.714 bits per heavy atom. The van der Waals surface area contributed by atoms with Gasteiger partial charge < -0.3 is 20.4 Å². The summed E-state index contributed by atoms with van der Waals surface area (Å²) in [7, 11) is 0. The lowest BCUT2D eigenvalue weighted by Gasteiger charge is -2.47. The summed E-state index contributed by atoms with van der Waals surface area (Å²) in [5.41, 5.74) is -2.49. The number of rotatable bonds is 17. The van der Waals surface area contributed by atoms with Gasteiger partial charge in [0.1, 0.15) is 5.60 Å². The maximum Gasteiger partial charge on any atom is 0.117 e. The van der Waals surface area contributed by atoms with Gasteiger partial charge in [-0.2, -0.15) is 0 Å². The molecule has 0 aliphatic rings. The zero-order chi connectivity index (χ0) is 21.8. The van der Waals surface area contributed by atoms with E-state index in [9.17, 15) is 20.4 Å². The van der Waals surface area contributed by atoms with Gasteiger partial charge in [-0.15, -0.1) is 0 Å². The van der Waals surface area contributed by atoms with E-state index in [0.717, 1.165) is 32.1 Å². The Labute approximate surface area is 174 Å². The van der Waals surface area contributed by atoms with Gasteiger partial charge in [0.15, 0.2) is 0 Å². The molecule has 0 heterocycles. The van der Waals surface area contributed by atoms with E-state index < -0.39 is 29.3 Å². The molecule has 4 atom stereocenters. The summed E-state index contributed by atoms with van der Waals surface area (Å²) in [6.45, 7) is 11.6. The molecule has 0 radical (unpaired) electrons. The fraction of sp³-hybridized carbons (Fsp3) is 1.00. The normalized spacial score (nSPS) is 18.1. The van der Waals surface area contributed by atoms with Crippen LogP contribution in [-0.4, -0.2) is 44.3 Å². The molecule has 4 nitrogen and oxygen atoms in total. The minimum atomic E-state index is -1.59. The average Bonchev–Trinajstić information content (AvgIpc) is 2.66. The van der Waals surface area contributed by atoms with Crippen LogP contribution in [0.2, 0.25) is 0 Å². The summed E-state index contributed by atoms with van der Waals surface area (Å²) < 4.78 is 0. The van der Waals surface area contributed by atoms with Crippen molar-refractivity contribution in [2.24, 2.45) is 11.3 Å². The van der Waals surface area contributed by atoms with Crippen LogP contribution in [0.3, 0.4) is 0 Å². The molecule has 0 saturated carbocycles. The number of aliphatic hydroxyl groups excluding tert-OH is 3. The Kier molecular flexibility index (Phi) is 13.9. The highest BCUT2D eigenvalue weighted by Gasteiger charge is 2.51. The second-order valence-electron chi connectivity index (χ2n) is 9.79. The van der Waals surface area contributed by atoms with E-state index >= 15 is 0 Å². The molecule has 170 valence electrons. The zero-order valence-electron chi connectivity index (χ0n) is 19.6. The van der Waals surface area contributed by atoms with Crippen molar-refractivity contribution in [3.8, 4) is 0 Å². The molecule has 0 aromatic rings. The van der Waals surface area contributed by atoms with Crippen LogP contribution in [0.15, 0.2) is 0 Å². The minimum absolute atomic E-state index is 0.0371. The number of aliphatic hydroxyl groups is 4. The van der Waals surface area contributed by atoms with Crippen LogP contribution in [0, 0.1) is 11.3 Å². The number of hydrogen-bond acceptors (Lipinski definition) is 4. The monoisotopic (exact) mass is 402 g/mol. The summed E-state index contributed by atoms with van der Waals surface area (Å²) in [6.07, 6.45) is 8.94. The summed E-state index contributed by atoms with van der Waals surface area (Å²) in [4.78, 5) is 0. The highest BCUT2D eigenvalue weighted by molar-refractivity contribution is 5.02. The van der Waals surface area contributed by atoms with Crippen LogP contribution in [0.4, 0.5) is 0 Å². The van der Waals surface area contributed by atoms with Crippen molar-refractivity contribution < 1.29 is 20.4 Å². The molecule has 0 fully saturated rings. The molecular formula is C24H50O4. The Hall–Kier alpha value is -0.160. The van der Waals surface area contributed by atoms with Crippen molar-refractivity contribution in [2.75, 3.05) is 0 Å². The van der Waals surface area contributed by atoms with Gasteiger partial charge in [0.2, 0.25) is 0 Å². The van der Waals surface area contributed by atoms with Gasteiger partial charge in [0.05, 0.1) is 18.3 Å². The zero-order valence-corrected chi connectivity index (χ0v) is 19.6. The van der Waals surface area contributed by atoms with E-state index in [1.807, 2.05) is 20.8 Å². The molecule has 0 spiro atoms. The van der Waals surface area contributed by atoms with Crippen LogP contribution >= 0.6 is 0 Å². The fourth-order valence-corrected chi connectivity index (χ4v) is 4.33. The SMILES string of the molecule is CCCCCCCCCCC(O)C(O)(CCCC)C(O)C(C)(C)C(O)C(C)C. The summed E-state index contributed by atoms with van der Waals surface area (Å²) in [5, 5.41) is 43.8. The molecule has 0 bridgehead atoms. The topological polar surface area (TPSA) is 80.9 Å². The standard InChI is InChI=1S/C24H50O4/c1-7-9-11-12-13-14-15-16-17-20(25)24(28,18-10-8-2)22(27)23(5,6)21(26)19(3)4/h19-22,25-28H,7-18H2,1-6H3. The molecule has 0 saturated heterocycles. The molecule has 4 unspecified atom stereocenters. The van der Waals surface area contributed by atoms with Gasteiger partial charge in [-0.1, -0.05) is 106 Å². The van der Waals surface area contributed by atoms with E-state index in [0.29, 0.717) is 12.8 Å². The summed E-state index contributed by atoms with van der Waals surface area (Å²) >= 11 is 0. The third-order valence-corrected chi connectivity index (χ3v) is 6.41. The average molecular weight is 403 g/mol. The Balaban J connectivity index is 4.83. The van der Waals surface area contributed by atoms with Gasteiger partial charge >= 0.3 is 0 Å². The van der Waals surface area contributed by atoms with Crippen molar-refractivity contribution in [2.45, 2.75) is 143 Å². The van der Waals surface area contributed by atoms with Gasteiger partial charge in [0.25, 0.3) is 0 Å². The predicted octanol–water partition coefficient (Wildman–Crippen LogP) is 5.20. The van der Waals surface area contributed by atoms with Crippen LogP contribution < -0.4 is 0 Å². The van der Waals surface area contributed by atoms with Crippen LogP contribution in [0.5, 0.6) is 0 Å². The number of unbranched alkanes of at least 4 members (excludes halogenated alkanes) is 8. The van der Waals surface area contributed by atoms with Crippen molar-refractivity contribution in [3.63, 3.8) is 0 Å². The molecule has 0 aliphatic heterocycles. The summed E-state index contributed by atoms with van der Waals surface area (Å²) in [5.74, 6) is -0.0371. The molecule has 28 heavy (non-hydrogen) atoms. The predicted molar refractivity (Wildman–Crippen MR) is 118 cm³/mol. The van der Waals surface area contributed by atoms with E-state index in [-0.39, 0.29) is 5.92 Å². The van der Waals surface area contributed by atoms with E-state index in [2.05, 4.69) is 6.92 Å². The van der Waals surface area contributed by atoms with E-state index in [4.69, 9.17) is 0 Å². The Morgan fingerprint density at radius 3 is 1.64 bits per heavy atom. The third kappa shape index (κ3) is 8.69. The molecule has 0 aromatic heterocycles. The largest absolute Gasteiger partial charge is 0.392 e. The van der Waals surface area contributed by atoms with E-state index in [1.54, 1.807) is 13.8 Å². The second-order valence-corrected chi connectivity index (χ2v) is 9.79. The first-order valence-corrected chi connectivity index (χ1v) is 11.8. The van der Waals surface area contributed by atoms with Crippen molar-refractivity contribution in [1.29, 1.82) is 0 Å². The van der Waals surface area contributed by atoms with Gasteiger partial charge in [-0.25, -0.2) is 0 Å². The van der Waals surface area contributed by atoms with Crippen molar-refractivity contribution in [3.05, 3.63) is 0 Å². The lowest BCUT2D eigenvalue weighted by Crippen LogP contribution is -2.60. The molecule has 0 aromatic carbocycles. The molecule has 0 aliphatic carbocycles. The van der Waals surface area contributed by atoms with Gasteiger partial charge in [0, 0.05) is 5.41 Å². The fourth-order valence-electron chi connectivity index (χ4n) is 4.33. The van der Waals surface area contributed by atoms with Crippen LogP contribution in [0.1, 0.15) is 119 Å². The van der Waals surface area contributed by atoms with Crippen molar-refractivity contribution >= 4 is 0 Å². The first kappa shape index (κ1) is 27.8. The molecule has 0 amide bonds. The summed E-state index contributed by atoms with van der Waals surface area (Å²) in [6, 6.07) is 0. The maximum atomic E-state index is 11.3. The van der Waals surface area contributed by atoms with Crippen molar-refractivity contribution in [1.82, 2.24) is 0 Å². The van der Waals surface area contributed by atoms with Gasteiger partial charge in [-0.05, 0) is 18.8 Å². The van der Waals surface area contributed by atoms with E-state index in [1.165, 1.54) is 32.1 Å². The third-order valence-electron chi connectivity index (χ3n) is 6.41.